The predicted octanol–water partition coefficient (Wildman–Crippen LogP) is 2.14. The SMILES string of the molecule is O=C(Cc1ccc2c(c1)CCCC2)NC1(CO)CCC1. The van der Waals surface area contributed by atoms with Crippen molar-refractivity contribution < 1.29 is 9.90 Å². The molecule has 0 atom stereocenters. The molecule has 0 radical (unpaired) electrons. The second-order valence-electron chi connectivity index (χ2n) is 6.33. The second-order valence-corrected chi connectivity index (χ2v) is 6.33. The first-order chi connectivity index (χ1) is 9.71. The van der Waals surface area contributed by atoms with Gasteiger partial charge in [-0.25, -0.2) is 0 Å². The summed E-state index contributed by atoms with van der Waals surface area (Å²) in [6, 6.07) is 6.46. The fourth-order valence-corrected chi connectivity index (χ4v) is 3.35. The Morgan fingerprint density at radius 1 is 1.15 bits per heavy atom. The van der Waals surface area contributed by atoms with E-state index in [4.69, 9.17) is 0 Å². The van der Waals surface area contributed by atoms with Crippen molar-refractivity contribution in [2.45, 2.75) is 56.9 Å². The lowest BCUT2D eigenvalue weighted by atomic mass is 9.77. The van der Waals surface area contributed by atoms with Crippen LogP contribution in [0.15, 0.2) is 18.2 Å². The van der Waals surface area contributed by atoms with Crippen LogP contribution in [0, 0.1) is 0 Å². The van der Waals surface area contributed by atoms with Crippen LogP contribution in [-0.2, 0) is 24.1 Å². The molecular weight excluding hydrogens is 250 g/mol. The fraction of sp³-hybridized carbons (Fsp3) is 0.588. The van der Waals surface area contributed by atoms with Crippen LogP contribution in [0.3, 0.4) is 0 Å². The first kappa shape index (κ1) is 13.6. The summed E-state index contributed by atoms with van der Waals surface area (Å²) in [5, 5.41) is 12.4. The van der Waals surface area contributed by atoms with E-state index in [1.165, 1.54) is 30.4 Å². The van der Waals surface area contributed by atoms with Gasteiger partial charge in [0.15, 0.2) is 0 Å². The summed E-state index contributed by atoms with van der Waals surface area (Å²) < 4.78 is 0. The van der Waals surface area contributed by atoms with Gasteiger partial charge in [-0.15, -0.1) is 0 Å². The van der Waals surface area contributed by atoms with E-state index in [0.29, 0.717) is 6.42 Å². The largest absolute Gasteiger partial charge is 0.394 e. The quantitative estimate of drug-likeness (QED) is 0.883. The van der Waals surface area contributed by atoms with Crippen molar-refractivity contribution in [2.75, 3.05) is 6.61 Å². The molecule has 108 valence electrons. The Morgan fingerprint density at radius 3 is 2.55 bits per heavy atom. The van der Waals surface area contributed by atoms with Gasteiger partial charge in [-0.1, -0.05) is 18.2 Å². The molecule has 1 aromatic rings. The number of aliphatic hydroxyl groups excluding tert-OH is 1. The zero-order valence-electron chi connectivity index (χ0n) is 12.0. The topological polar surface area (TPSA) is 49.3 Å². The van der Waals surface area contributed by atoms with E-state index >= 15 is 0 Å². The van der Waals surface area contributed by atoms with Gasteiger partial charge >= 0.3 is 0 Å². The molecule has 2 N–H and O–H groups in total. The molecule has 2 aliphatic rings. The summed E-state index contributed by atoms with van der Waals surface area (Å²) in [5.74, 6) is 0.0366. The van der Waals surface area contributed by atoms with E-state index in [1.807, 2.05) is 0 Å². The lowest BCUT2D eigenvalue weighted by Crippen LogP contribution is -2.56. The van der Waals surface area contributed by atoms with E-state index in [1.54, 1.807) is 0 Å². The zero-order chi connectivity index (χ0) is 14.0. The van der Waals surface area contributed by atoms with Crippen LogP contribution in [0.5, 0.6) is 0 Å². The molecule has 0 aliphatic heterocycles. The third-order valence-corrected chi connectivity index (χ3v) is 4.80. The van der Waals surface area contributed by atoms with Crippen LogP contribution in [0.4, 0.5) is 0 Å². The molecule has 0 spiro atoms. The minimum atomic E-state index is -0.328. The molecule has 1 aromatic carbocycles. The Morgan fingerprint density at radius 2 is 1.90 bits per heavy atom. The molecule has 1 amide bonds. The van der Waals surface area contributed by atoms with Gasteiger partial charge in [-0.05, 0) is 61.6 Å². The van der Waals surface area contributed by atoms with Crippen molar-refractivity contribution in [3.63, 3.8) is 0 Å². The highest BCUT2D eigenvalue weighted by molar-refractivity contribution is 5.79. The van der Waals surface area contributed by atoms with Crippen LogP contribution in [0.25, 0.3) is 0 Å². The van der Waals surface area contributed by atoms with Gasteiger partial charge in [0.1, 0.15) is 0 Å². The average Bonchev–Trinajstić information content (AvgIpc) is 2.43. The number of fused-ring (bicyclic) bond motifs is 1. The third kappa shape index (κ3) is 2.73. The van der Waals surface area contributed by atoms with Crippen LogP contribution in [0.1, 0.15) is 48.8 Å². The molecule has 0 heterocycles. The summed E-state index contributed by atoms with van der Waals surface area (Å²) in [6.07, 6.45) is 8.19. The van der Waals surface area contributed by atoms with Gasteiger partial charge in [-0.3, -0.25) is 4.79 Å². The number of nitrogens with one attached hydrogen (secondary N) is 1. The van der Waals surface area contributed by atoms with Crippen molar-refractivity contribution in [2.24, 2.45) is 0 Å². The monoisotopic (exact) mass is 273 g/mol. The number of hydrogen-bond donors (Lipinski definition) is 2. The number of benzene rings is 1. The highest BCUT2D eigenvalue weighted by Crippen LogP contribution is 2.31. The summed E-state index contributed by atoms with van der Waals surface area (Å²) in [7, 11) is 0. The van der Waals surface area contributed by atoms with Crippen molar-refractivity contribution in [3.05, 3.63) is 34.9 Å². The Kier molecular flexibility index (Phi) is 3.79. The van der Waals surface area contributed by atoms with Crippen molar-refractivity contribution in [3.8, 4) is 0 Å². The van der Waals surface area contributed by atoms with Crippen LogP contribution < -0.4 is 5.32 Å². The van der Waals surface area contributed by atoms with Crippen molar-refractivity contribution >= 4 is 5.91 Å². The van der Waals surface area contributed by atoms with Crippen molar-refractivity contribution in [1.82, 2.24) is 5.32 Å². The molecule has 1 saturated carbocycles. The van der Waals surface area contributed by atoms with Gasteiger partial charge in [-0.2, -0.15) is 0 Å². The van der Waals surface area contributed by atoms with E-state index in [2.05, 4.69) is 23.5 Å². The van der Waals surface area contributed by atoms with Gasteiger partial charge in [0, 0.05) is 0 Å². The van der Waals surface area contributed by atoms with E-state index < -0.39 is 0 Å². The molecule has 3 nitrogen and oxygen atoms in total. The Bertz CT molecular complexity index is 500. The van der Waals surface area contributed by atoms with Gasteiger partial charge in [0.2, 0.25) is 5.91 Å². The number of rotatable bonds is 4. The number of carbonyl (C=O) groups is 1. The highest BCUT2D eigenvalue weighted by atomic mass is 16.3. The molecule has 20 heavy (non-hydrogen) atoms. The predicted molar refractivity (Wildman–Crippen MR) is 78.6 cm³/mol. The van der Waals surface area contributed by atoms with Gasteiger partial charge in [0.05, 0.1) is 18.6 Å². The van der Waals surface area contributed by atoms with E-state index in [-0.39, 0.29) is 18.1 Å². The number of hydrogen-bond acceptors (Lipinski definition) is 2. The first-order valence-corrected chi connectivity index (χ1v) is 7.73. The van der Waals surface area contributed by atoms with E-state index in [0.717, 1.165) is 31.2 Å². The van der Waals surface area contributed by atoms with Crippen LogP contribution >= 0.6 is 0 Å². The molecule has 3 rings (SSSR count). The lowest BCUT2D eigenvalue weighted by molar-refractivity contribution is -0.124. The van der Waals surface area contributed by atoms with Crippen LogP contribution in [0.2, 0.25) is 0 Å². The Balaban J connectivity index is 1.64. The molecule has 2 aliphatic carbocycles. The molecule has 1 fully saturated rings. The number of carbonyl (C=O) groups excluding carboxylic acids is 1. The summed E-state index contributed by atoms with van der Waals surface area (Å²) >= 11 is 0. The maximum Gasteiger partial charge on any atom is 0.224 e. The molecule has 0 unspecified atom stereocenters. The summed E-state index contributed by atoms with van der Waals surface area (Å²) in [4.78, 5) is 12.1. The zero-order valence-corrected chi connectivity index (χ0v) is 12.0. The Labute approximate surface area is 120 Å². The summed E-state index contributed by atoms with van der Waals surface area (Å²) in [6.45, 7) is 0.0585. The highest BCUT2D eigenvalue weighted by Gasteiger charge is 2.37. The maximum atomic E-state index is 12.1. The van der Waals surface area contributed by atoms with Gasteiger partial charge < -0.3 is 10.4 Å². The maximum absolute atomic E-state index is 12.1. The van der Waals surface area contributed by atoms with Crippen LogP contribution in [-0.4, -0.2) is 23.2 Å². The molecule has 0 bridgehead atoms. The number of amides is 1. The minimum Gasteiger partial charge on any atom is -0.394 e. The normalized spacial score (nSPS) is 19.9. The van der Waals surface area contributed by atoms with Crippen molar-refractivity contribution in [1.29, 1.82) is 0 Å². The molecule has 0 aromatic heterocycles. The van der Waals surface area contributed by atoms with Gasteiger partial charge in [0.25, 0.3) is 0 Å². The smallest absolute Gasteiger partial charge is 0.224 e. The average molecular weight is 273 g/mol. The lowest BCUT2D eigenvalue weighted by Gasteiger charge is -2.41. The summed E-state index contributed by atoms with van der Waals surface area (Å²) in [5.41, 5.74) is 3.63. The number of aryl methyl sites for hydroxylation is 2. The standard InChI is InChI=1S/C17H23NO2/c19-12-17(8-3-9-17)18-16(20)11-13-6-7-14-4-1-2-5-15(14)10-13/h6-7,10,19H,1-5,8-9,11-12H2,(H,18,20). The first-order valence-electron chi connectivity index (χ1n) is 7.73. The van der Waals surface area contributed by atoms with E-state index in [9.17, 15) is 9.90 Å². The molecule has 3 heteroatoms. The second kappa shape index (κ2) is 5.57. The minimum absolute atomic E-state index is 0.0366. The molecule has 0 saturated heterocycles. The Hall–Kier alpha value is -1.35. The third-order valence-electron chi connectivity index (χ3n) is 4.80. The fourth-order valence-electron chi connectivity index (χ4n) is 3.35. The molecular formula is C17H23NO2. The number of aliphatic hydroxyl groups is 1.